The second-order valence-corrected chi connectivity index (χ2v) is 4.16. The number of fused-ring (bicyclic) bond motifs is 1. The lowest BCUT2D eigenvalue weighted by Crippen LogP contribution is -2.12. The van der Waals surface area contributed by atoms with Gasteiger partial charge < -0.3 is 10.7 Å². The first-order valence-electron chi connectivity index (χ1n) is 5.69. The first-order valence-corrected chi connectivity index (χ1v) is 5.69. The lowest BCUT2D eigenvalue weighted by atomic mass is 10.1. The molecular formula is C14H10FN3O. The van der Waals surface area contributed by atoms with Crippen LogP contribution in [0.25, 0.3) is 22.3 Å². The summed E-state index contributed by atoms with van der Waals surface area (Å²) < 4.78 is 13.3. The van der Waals surface area contributed by atoms with Crippen LogP contribution in [0.1, 0.15) is 0 Å². The third-order valence-corrected chi connectivity index (χ3v) is 2.87. The van der Waals surface area contributed by atoms with Crippen LogP contribution >= 0.6 is 0 Å². The van der Waals surface area contributed by atoms with Gasteiger partial charge in [-0.15, -0.1) is 0 Å². The van der Waals surface area contributed by atoms with Gasteiger partial charge in [0.25, 0.3) is 5.56 Å². The molecule has 5 heteroatoms. The van der Waals surface area contributed by atoms with Crippen LogP contribution in [0.15, 0.2) is 47.3 Å². The first-order chi connectivity index (χ1) is 9.15. The number of aromatic nitrogens is 2. The lowest BCUT2D eigenvalue weighted by molar-refractivity contribution is 0.628. The van der Waals surface area contributed by atoms with Gasteiger partial charge in [0.05, 0.1) is 11.0 Å². The molecule has 0 atom stereocenters. The standard InChI is InChI=1S/C14H10FN3O/c15-8-5-6-10(16)9(7-8)13-14(19)18-12-4-2-1-3-11(12)17-13/h1-7H,16H2,(H,18,19). The molecule has 0 bridgehead atoms. The molecule has 0 spiro atoms. The molecule has 19 heavy (non-hydrogen) atoms. The summed E-state index contributed by atoms with van der Waals surface area (Å²) in [6.45, 7) is 0. The second-order valence-electron chi connectivity index (χ2n) is 4.16. The van der Waals surface area contributed by atoms with Crippen molar-refractivity contribution in [2.45, 2.75) is 0 Å². The Kier molecular flexibility index (Phi) is 2.52. The molecule has 0 aliphatic rings. The number of nitrogens with two attached hydrogens (primary N) is 1. The predicted octanol–water partition coefficient (Wildman–Crippen LogP) is 2.31. The van der Waals surface area contributed by atoms with Crippen LogP contribution in [0.3, 0.4) is 0 Å². The van der Waals surface area contributed by atoms with Gasteiger partial charge in [-0.2, -0.15) is 0 Å². The Labute approximate surface area is 107 Å². The van der Waals surface area contributed by atoms with E-state index >= 15 is 0 Å². The molecule has 3 N–H and O–H groups in total. The molecule has 0 aliphatic heterocycles. The number of benzene rings is 2. The second kappa shape index (κ2) is 4.20. The van der Waals surface area contributed by atoms with E-state index in [0.29, 0.717) is 22.3 Å². The van der Waals surface area contributed by atoms with E-state index < -0.39 is 11.4 Å². The van der Waals surface area contributed by atoms with E-state index in [-0.39, 0.29) is 5.69 Å². The van der Waals surface area contributed by atoms with Crippen molar-refractivity contribution in [1.29, 1.82) is 0 Å². The SMILES string of the molecule is Nc1ccc(F)cc1-c1nc2ccccc2[nH]c1=O. The van der Waals surface area contributed by atoms with Gasteiger partial charge in [0.1, 0.15) is 11.5 Å². The van der Waals surface area contributed by atoms with Crippen molar-refractivity contribution in [3.05, 3.63) is 58.6 Å². The Bertz CT molecular complexity index is 826. The number of hydrogen-bond acceptors (Lipinski definition) is 3. The number of hydrogen-bond donors (Lipinski definition) is 2. The van der Waals surface area contributed by atoms with Gasteiger partial charge in [0, 0.05) is 11.3 Å². The summed E-state index contributed by atoms with van der Waals surface area (Å²) in [6.07, 6.45) is 0. The minimum Gasteiger partial charge on any atom is -0.398 e. The highest BCUT2D eigenvalue weighted by molar-refractivity contribution is 5.80. The van der Waals surface area contributed by atoms with Gasteiger partial charge in [0.15, 0.2) is 0 Å². The van der Waals surface area contributed by atoms with Crippen molar-refractivity contribution in [2.75, 3.05) is 5.73 Å². The topological polar surface area (TPSA) is 71.8 Å². The van der Waals surface area contributed by atoms with Crippen LogP contribution in [0, 0.1) is 5.82 Å². The van der Waals surface area contributed by atoms with E-state index in [1.54, 1.807) is 18.2 Å². The number of para-hydroxylation sites is 2. The molecule has 0 saturated carbocycles. The van der Waals surface area contributed by atoms with Crippen molar-refractivity contribution < 1.29 is 4.39 Å². The molecule has 3 rings (SSSR count). The number of nitrogens with zero attached hydrogens (tertiary/aromatic N) is 1. The van der Waals surface area contributed by atoms with Crippen LogP contribution in [0.2, 0.25) is 0 Å². The molecule has 1 aromatic heterocycles. The van der Waals surface area contributed by atoms with E-state index in [0.717, 1.165) is 0 Å². The summed E-state index contributed by atoms with van der Waals surface area (Å²) in [4.78, 5) is 19.0. The maximum absolute atomic E-state index is 13.3. The normalized spacial score (nSPS) is 10.8. The molecule has 0 unspecified atom stereocenters. The molecule has 0 amide bonds. The van der Waals surface area contributed by atoms with Gasteiger partial charge >= 0.3 is 0 Å². The summed E-state index contributed by atoms with van der Waals surface area (Å²) in [5.41, 5.74) is 7.37. The molecular weight excluding hydrogens is 245 g/mol. The number of halogens is 1. The van der Waals surface area contributed by atoms with Crippen molar-refractivity contribution in [3.63, 3.8) is 0 Å². The summed E-state index contributed by atoms with van der Waals surface area (Å²) in [7, 11) is 0. The monoisotopic (exact) mass is 255 g/mol. The highest BCUT2D eigenvalue weighted by Gasteiger charge is 2.11. The predicted molar refractivity (Wildman–Crippen MR) is 72.2 cm³/mol. The largest absolute Gasteiger partial charge is 0.398 e. The van der Waals surface area contributed by atoms with E-state index in [4.69, 9.17) is 5.73 Å². The molecule has 0 radical (unpaired) electrons. The Morgan fingerprint density at radius 2 is 1.95 bits per heavy atom. The van der Waals surface area contributed by atoms with Crippen LogP contribution in [0.5, 0.6) is 0 Å². The number of nitrogens with one attached hydrogen (secondary N) is 1. The molecule has 3 aromatic rings. The van der Waals surface area contributed by atoms with Crippen LogP contribution in [-0.4, -0.2) is 9.97 Å². The number of nitrogen functional groups attached to an aromatic ring is 1. The summed E-state index contributed by atoms with van der Waals surface area (Å²) >= 11 is 0. The Balaban J connectivity index is 2.33. The Morgan fingerprint density at radius 1 is 1.16 bits per heavy atom. The van der Waals surface area contributed by atoms with Crippen molar-refractivity contribution >= 4 is 16.7 Å². The third kappa shape index (κ3) is 1.95. The maximum Gasteiger partial charge on any atom is 0.275 e. The van der Waals surface area contributed by atoms with Crippen molar-refractivity contribution in [3.8, 4) is 11.3 Å². The Hall–Kier alpha value is -2.69. The number of anilines is 1. The van der Waals surface area contributed by atoms with Gasteiger partial charge in [-0.3, -0.25) is 4.79 Å². The minimum absolute atomic E-state index is 0.121. The van der Waals surface area contributed by atoms with E-state index in [1.165, 1.54) is 18.2 Å². The summed E-state index contributed by atoms with van der Waals surface area (Å²) in [5, 5.41) is 0. The quantitative estimate of drug-likeness (QED) is 0.655. The zero-order valence-corrected chi connectivity index (χ0v) is 9.85. The highest BCUT2D eigenvalue weighted by Crippen LogP contribution is 2.23. The maximum atomic E-state index is 13.3. The molecule has 2 aromatic carbocycles. The van der Waals surface area contributed by atoms with Gasteiger partial charge in [0.2, 0.25) is 0 Å². The fourth-order valence-corrected chi connectivity index (χ4v) is 1.95. The number of aromatic amines is 1. The molecule has 4 nitrogen and oxygen atoms in total. The van der Waals surface area contributed by atoms with E-state index in [2.05, 4.69) is 9.97 Å². The average molecular weight is 255 g/mol. The fourth-order valence-electron chi connectivity index (χ4n) is 1.95. The minimum atomic E-state index is -0.460. The molecule has 0 aliphatic carbocycles. The van der Waals surface area contributed by atoms with Crippen LogP contribution in [0.4, 0.5) is 10.1 Å². The third-order valence-electron chi connectivity index (χ3n) is 2.87. The average Bonchev–Trinajstić information content (AvgIpc) is 2.41. The molecule has 94 valence electrons. The summed E-state index contributed by atoms with van der Waals surface area (Å²) in [6, 6.07) is 11.0. The lowest BCUT2D eigenvalue weighted by Gasteiger charge is -2.05. The van der Waals surface area contributed by atoms with Crippen molar-refractivity contribution in [2.24, 2.45) is 0 Å². The molecule has 0 saturated heterocycles. The first kappa shape index (κ1) is 11.4. The fraction of sp³-hybridized carbons (Fsp3) is 0. The molecule has 1 heterocycles. The zero-order valence-electron chi connectivity index (χ0n) is 9.85. The zero-order chi connectivity index (χ0) is 13.4. The highest BCUT2D eigenvalue weighted by atomic mass is 19.1. The van der Waals surface area contributed by atoms with Crippen molar-refractivity contribution in [1.82, 2.24) is 9.97 Å². The smallest absolute Gasteiger partial charge is 0.275 e. The number of H-pyrrole nitrogens is 1. The Morgan fingerprint density at radius 3 is 2.79 bits per heavy atom. The van der Waals surface area contributed by atoms with Crippen LogP contribution < -0.4 is 11.3 Å². The van der Waals surface area contributed by atoms with Gasteiger partial charge in [-0.05, 0) is 30.3 Å². The van der Waals surface area contributed by atoms with E-state index in [1.807, 2.05) is 6.07 Å². The van der Waals surface area contributed by atoms with E-state index in [9.17, 15) is 9.18 Å². The molecule has 0 fully saturated rings. The summed E-state index contributed by atoms with van der Waals surface area (Å²) in [5.74, 6) is -0.460. The number of rotatable bonds is 1. The van der Waals surface area contributed by atoms with Crippen LogP contribution in [-0.2, 0) is 0 Å². The van der Waals surface area contributed by atoms with Gasteiger partial charge in [-0.25, -0.2) is 9.37 Å². The van der Waals surface area contributed by atoms with Gasteiger partial charge in [-0.1, -0.05) is 12.1 Å².